The van der Waals surface area contributed by atoms with Crippen molar-refractivity contribution in [3.8, 4) is 0 Å². The minimum Gasteiger partial charge on any atom is -0.487 e. The number of nitrogens with one attached hydrogen (secondary N) is 1. The Morgan fingerprint density at radius 3 is 3.00 bits per heavy atom. The summed E-state index contributed by atoms with van der Waals surface area (Å²) in [6, 6.07) is 0. The molecule has 2 aliphatic rings. The molecule has 1 aliphatic carbocycles. The van der Waals surface area contributed by atoms with Crippen molar-refractivity contribution in [2.45, 2.75) is 58.2 Å². The van der Waals surface area contributed by atoms with Gasteiger partial charge in [0.25, 0.3) is 0 Å². The third kappa shape index (κ3) is 4.17. The van der Waals surface area contributed by atoms with Crippen LogP contribution >= 0.6 is 11.6 Å². The van der Waals surface area contributed by atoms with Crippen LogP contribution in [0.4, 0.5) is 4.79 Å². The summed E-state index contributed by atoms with van der Waals surface area (Å²) in [5.41, 5.74) is 0.780. The lowest BCUT2D eigenvalue weighted by Gasteiger charge is -2.21. The van der Waals surface area contributed by atoms with Crippen LogP contribution in [0.1, 0.15) is 46.5 Å². The first-order chi connectivity index (χ1) is 9.35. The van der Waals surface area contributed by atoms with Gasteiger partial charge >= 0.3 is 6.09 Å². The monoisotopic (exact) mass is 299 g/mol. The largest absolute Gasteiger partial charge is 0.487 e. The molecule has 5 heteroatoms. The minimum absolute atomic E-state index is 0.0484. The zero-order chi connectivity index (χ0) is 14.8. The number of carbonyl (C=O) groups is 1. The summed E-state index contributed by atoms with van der Waals surface area (Å²) in [6.45, 7) is 5.96. The maximum absolute atomic E-state index is 11.6. The SMILES string of the molecule is CC(C)(C)OC(=O)NCC1CC2=C(O1)C(Cl)=CCCC2. The van der Waals surface area contributed by atoms with E-state index in [4.69, 9.17) is 21.1 Å². The lowest BCUT2D eigenvalue weighted by atomic mass is 10.0. The average molecular weight is 300 g/mol. The van der Waals surface area contributed by atoms with Gasteiger partial charge in [-0.3, -0.25) is 0 Å². The molecular formula is C15H22ClNO3. The molecule has 0 bridgehead atoms. The van der Waals surface area contributed by atoms with Gasteiger partial charge in [-0.25, -0.2) is 4.79 Å². The summed E-state index contributed by atoms with van der Waals surface area (Å²) in [6.07, 6.45) is 5.49. The van der Waals surface area contributed by atoms with E-state index in [1.807, 2.05) is 26.8 Å². The predicted molar refractivity (Wildman–Crippen MR) is 78.5 cm³/mol. The Bertz CT molecular complexity index is 449. The molecule has 0 saturated carbocycles. The molecule has 0 saturated heterocycles. The van der Waals surface area contributed by atoms with Crippen LogP contribution in [-0.2, 0) is 9.47 Å². The number of ether oxygens (including phenoxy) is 2. The van der Waals surface area contributed by atoms with Crippen molar-refractivity contribution in [1.29, 1.82) is 0 Å². The van der Waals surface area contributed by atoms with Gasteiger partial charge in [-0.15, -0.1) is 0 Å². The van der Waals surface area contributed by atoms with Crippen LogP contribution in [0.15, 0.2) is 22.4 Å². The molecule has 4 nitrogen and oxygen atoms in total. The Morgan fingerprint density at radius 1 is 1.55 bits per heavy atom. The molecule has 0 fully saturated rings. The number of allylic oxidation sites excluding steroid dienone is 2. The Kier molecular flexibility index (Phi) is 4.63. The van der Waals surface area contributed by atoms with E-state index in [9.17, 15) is 4.79 Å². The fraction of sp³-hybridized carbons (Fsp3) is 0.667. The molecule has 112 valence electrons. The number of carbonyl (C=O) groups excluding carboxylic acids is 1. The average Bonchev–Trinajstić information content (AvgIpc) is 2.66. The van der Waals surface area contributed by atoms with Gasteiger partial charge in [-0.05, 0) is 45.6 Å². The highest BCUT2D eigenvalue weighted by molar-refractivity contribution is 6.31. The lowest BCUT2D eigenvalue weighted by molar-refractivity contribution is 0.0488. The van der Waals surface area contributed by atoms with Crippen LogP contribution in [0.2, 0.25) is 0 Å². The third-order valence-corrected chi connectivity index (χ3v) is 3.50. The van der Waals surface area contributed by atoms with Gasteiger partial charge in [0, 0.05) is 6.42 Å². The molecule has 0 radical (unpaired) electrons. The first-order valence-electron chi connectivity index (χ1n) is 7.07. The molecule has 1 unspecified atom stereocenters. The second-order valence-electron chi connectivity index (χ2n) is 6.20. The fourth-order valence-corrected chi connectivity index (χ4v) is 2.65. The van der Waals surface area contributed by atoms with Crippen LogP contribution in [0.3, 0.4) is 0 Å². The second kappa shape index (κ2) is 6.08. The Balaban J connectivity index is 1.82. The minimum atomic E-state index is -0.484. The summed E-state index contributed by atoms with van der Waals surface area (Å²) in [5, 5.41) is 3.45. The highest BCUT2D eigenvalue weighted by Crippen LogP contribution is 2.36. The lowest BCUT2D eigenvalue weighted by Crippen LogP contribution is -2.36. The van der Waals surface area contributed by atoms with E-state index < -0.39 is 11.7 Å². The van der Waals surface area contributed by atoms with Crippen LogP contribution in [-0.4, -0.2) is 24.3 Å². The normalized spacial score (nSPS) is 22.6. The van der Waals surface area contributed by atoms with Gasteiger partial charge in [-0.1, -0.05) is 17.7 Å². The molecule has 2 rings (SSSR count). The maximum atomic E-state index is 11.6. The standard InChI is InChI=1S/C15H22ClNO3/c1-15(2,3)20-14(18)17-9-11-8-10-6-4-5-7-12(16)13(10)19-11/h7,11H,4-6,8-9H2,1-3H3,(H,17,18). The highest BCUT2D eigenvalue weighted by Gasteiger charge is 2.28. The summed E-state index contributed by atoms with van der Waals surface area (Å²) < 4.78 is 11.0. The van der Waals surface area contributed by atoms with Crippen LogP contribution in [0.25, 0.3) is 0 Å². The summed E-state index contributed by atoms with van der Waals surface area (Å²) >= 11 is 6.20. The number of rotatable bonds is 2. The highest BCUT2D eigenvalue weighted by atomic mass is 35.5. The molecular weight excluding hydrogens is 278 g/mol. The van der Waals surface area contributed by atoms with Gasteiger partial charge in [0.15, 0.2) is 0 Å². The molecule has 0 aromatic heterocycles. The summed E-state index contributed by atoms with van der Waals surface area (Å²) in [5.74, 6) is 0.820. The Labute approximate surface area is 125 Å². The smallest absolute Gasteiger partial charge is 0.407 e. The van der Waals surface area contributed by atoms with Crippen molar-refractivity contribution < 1.29 is 14.3 Å². The molecule has 0 aromatic carbocycles. The summed E-state index contributed by atoms with van der Waals surface area (Å²) in [4.78, 5) is 11.6. The number of amides is 1. The van der Waals surface area contributed by atoms with E-state index in [1.54, 1.807) is 0 Å². The molecule has 20 heavy (non-hydrogen) atoms. The predicted octanol–water partition coefficient (Wildman–Crippen LogP) is 3.86. The summed E-state index contributed by atoms with van der Waals surface area (Å²) in [7, 11) is 0. The van der Waals surface area contributed by atoms with Crippen LogP contribution < -0.4 is 5.32 Å². The fourth-order valence-electron chi connectivity index (χ4n) is 2.36. The van der Waals surface area contributed by atoms with E-state index >= 15 is 0 Å². The van der Waals surface area contributed by atoms with Gasteiger partial charge in [0.05, 0.1) is 11.6 Å². The molecule has 1 aliphatic heterocycles. The number of alkyl carbamates (subject to hydrolysis) is 1. The molecule has 1 atom stereocenters. The van der Waals surface area contributed by atoms with Crippen molar-refractivity contribution in [3.63, 3.8) is 0 Å². The van der Waals surface area contributed by atoms with E-state index in [2.05, 4.69) is 5.32 Å². The third-order valence-electron chi connectivity index (χ3n) is 3.18. The van der Waals surface area contributed by atoms with E-state index in [0.29, 0.717) is 11.6 Å². The first kappa shape index (κ1) is 15.2. The molecule has 1 N–H and O–H groups in total. The first-order valence-corrected chi connectivity index (χ1v) is 7.44. The number of hydrogen-bond acceptors (Lipinski definition) is 3. The second-order valence-corrected chi connectivity index (χ2v) is 6.61. The van der Waals surface area contributed by atoms with Gasteiger partial charge in [0.2, 0.25) is 0 Å². The Morgan fingerprint density at radius 2 is 2.30 bits per heavy atom. The van der Waals surface area contributed by atoms with Crippen LogP contribution in [0, 0.1) is 0 Å². The van der Waals surface area contributed by atoms with Crippen molar-refractivity contribution in [2.24, 2.45) is 0 Å². The van der Waals surface area contributed by atoms with Gasteiger partial charge < -0.3 is 14.8 Å². The van der Waals surface area contributed by atoms with Crippen molar-refractivity contribution >= 4 is 17.7 Å². The number of halogens is 1. The molecule has 0 spiro atoms. The quantitative estimate of drug-likeness (QED) is 0.842. The molecule has 1 amide bonds. The van der Waals surface area contributed by atoms with Crippen molar-refractivity contribution in [2.75, 3.05) is 6.54 Å². The maximum Gasteiger partial charge on any atom is 0.407 e. The van der Waals surface area contributed by atoms with E-state index in [1.165, 1.54) is 5.57 Å². The zero-order valence-electron chi connectivity index (χ0n) is 12.3. The zero-order valence-corrected chi connectivity index (χ0v) is 13.0. The molecule has 0 aromatic rings. The number of hydrogen-bond donors (Lipinski definition) is 1. The Hall–Kier alpha value is -1.16. The van der Waals surface area contributed by atoms with E-state index in [0.717, 1.165) is 31.4 Å². The van der Waals surface area contributed by atoms with Crippen LogP contribution in [0.5, 0.6) is 0 Å². The molecule has 1 heterocycles. The van der Waals surface area contributed by atoms with Crippen molar-refractivity contribution in [3.05, 3.63) is 22.4 Å². The van der Waals surface area contributed by atoms with E-state index in [-0.39, 0.29) is 6.10 Å². The van der Waals surface area contributed by atoms with Gasteiger partial charge in [0.1, 0.15) is 17.5 Å². The van der Waals surface area contributed by atoms with Crippen molar-refractivity contribution in [1.82, 2.24) is 5.32 Å². The topological polar surface area (TPSA) is 47.6 Å². The van der Waals surface area contributed by atoms with Gasteiger partial charge in [-0.2, -0.15) is 0 Å².